The van der Waals surface area contributed by atoms with Crippen molar-refractivity contribution in [3.05, 3.63) is 26.4 Å². The third-order valence-electron chi connectivity index (χ3n) is 2.84. The van der Waals surface area contributed by atoms with Crippen molar-refractivity contribution in [1.29, 1.82) is 0 Å². The molecule has 0 atom stereocenters. The van der Waals surface area contributed by atoms with Crippen LogP contribution in [0.15, 0.2) is 15.9 Å². The largest absolute Gasteiger partial charge is 0.383 e. The molecule has 3 N–H and O–H groups in total. The SMILES string of the molecule is Nc1nsc(NCc2sccc2Br)c1C1CC1. The third kappa shape index (κ3) is 2.34. The number of thiophene rings is 1. The number of nitrogen functional groups attached to an aromatic ring is 1. The topological polar surface area (TPSA) is 50.9 Å². The number of hydrogen-bond acceptors (Lipinski definition) is 5. The van der Waals surface area contributed by atoms with Gasteiger partial charge in [0.1, 0.15) is 10.8 Å². The molecule has 6 heteroatoms. The number of hydrogen-bond donors (Lipinski definition) is 2. The highest BCUT2D eigenvalue weighted by molar-refractivity contribution is 9.10. The van der Waals surface area contributed by atoms with Gasteiger partial charge in [0.15, 0.2) is 0 Å². The van der Waals surface area contributed by atoms with E-state index >= 15 is 0 Å². The summed E-state index contributed by atoms with van der Waals surface area (Å²) in [7, 11) is 0. The quantitative estimate of drug-likeness (QED) is 0.889. The summed E-state index contributed by atoms with van der Waals surface area (Å²) < 4.78 is 5.42. The highest BCUT2D eigenvalue weighted by Crippen LogP contribution is 2.47. The molecule has 17 heavy (non-hydrogen) atoms. The molecule has 3 rings (SSSR count). The van der Waals surface area contributed by atoms with Crippen LogP contribution >= 0.6 is 38.8 Å². The van der Waals surface area contributed by atoms with E-state index in [0.717, 1.165) is 11.5 Å². The summed E-state index contributed by atoms with van der Waals surface area (Å²) >= 11 is 6.76. The molecule has 0 aliphatic heterocycles. The fraction of sp³-hybridized carbons (Fsp3) is 0.364. The Morgan fingerprint density at radius 2 is 2.35 bits per heavy atom. The zero-order valence-corrected chi connectivity index (χ0v) is 12.3. The minimum Gasteiger partial charge on any atom is -0.383 e. The monoisotopic (exact) mass is 329 g/mol. The number of rotatable bonds is 4. The van der Waals surface area contributed by atoms with E-state index in [4.69, 9.17) is 5.73 Å². The summed E-state index contributed by atoms with van der Waals surface area (Å²) in [4.78, 5) is 1.30. The molecule has 0 spiro atoms. The van der Waals surface area contributed by atoms with Crippen LogP contribution in [0.25, 0.3) is 0 Å². The number of nitrogens with zero attached hydrogens (tertiary/aromatic N) is 1. The van der Waals surface area contributed by atoms with Crippen molar-refractivity contribution in [2.45, 2.75) is 25.3 Å². The molecule has 1 fully saturated rings. The van der Waals surface area contributed by atoms with Gasteiger partial charge in [-0.15, -0.1) is 11.3 Å². The van der Waals surface area contributed by atoms with E-state index in [1.165, 1.54) is 39.3 Å². The van der Waals surface area contributed by atoms with Crippen molar-refractivity contribution in [1.82, 2.24) is 4.37 Å². The van der Waals surface area contributed by atoms with Crippen molar-refractivity contribution in [2.75, 3.05) is 11.1 Å². The Morgan fingerprint density at radius 1 is 1.53 bits per heavy atom. The van der Waals surface area contributed by atoms with Crippen LogP contribution in [0.2, 0.25) is 0 Å². The van der Waals surface area contributed by atoms with Gasteiger partial charge in [-0.1, -0.05) is 0 Å². The minimum atomic E-state index is 0.642. The van der Waals surface area contributed by atoms with Gasteiger partial charge in [-0.05, 0) is 57.7 Å². The van der Waals surface area contributed by atoms with Crippen LogP contribution in [-0.4, -0.2) is 4.37 Å². The zero-order chi connectivity index (χ0) is 11.8. The molecule has 0 saturated heterocycles. The van der Waals surface area contributed by atoms with Crippen LogP contribution < -0.4 is 11.1 Å². The standard InChI is InChI=1S/C11H12BrN3S2/c12-7-3-4-16-8(7)5-14-11-9(6-1-2-6)10(13)15-17-11/h3-4,6,14H,1-2,5H2,(H2,13,15). The molecule has 1 saturated carbocycles. The molecular formula is C11H12BrN3S2. The zero-order valence-electron chi connectivity index (χ0n) is 9.07. The first-order valence-corrected chi connectivity index (χ1v) is 7.91. The van der Waals surface area contributed by atoms with E-state index in [2.05, 4.69) is 37.1 Å². The molecular weight excluding hydrogens is 318 g/mol. The van der Waals surface area contributed by atoms with Crippen LogP contribution in [-0.2, 0) is 6.54 Å². The fourth-order valence-electron chi connectivity index (χ4n) is 1.82. The first-order chi connectivity index (χ1) is 8.25. The minimum absolute atomic E-state index is 0.642. The molecule has 2 aromatic heterocycles. The maximum Gasteiger partial charge on any atom is 0.142 e. The second-order valence-electron chi connectivity index (χ2n) is 4.13. The molecule has 0 aromatic carbocycles. The lowest BCUT2D eigenvalue weighted by molar-refractivity contribution is 1.11. The molecule has 3 nitrogen and oxygen atoms in total. The predicted molar refractivity (Wildman–Crippen MR) is 77.8 cm³/mol. The van der Waals surface area contributed by atoms with Crippen molar-refractivity contribution >= 4 is 49.6 Å². The van der Waals surface area contributed by atoms with Gasteiger partial charge in [0, 0.05) is 14.9 Å². The second-order valence-corrected chi connectivity index (χ2v) is 6.76. The third-order valence-corrected chi connectivity index (χ3v) is 5.60. The summed E-state index contributed by atoms with van der Waals surface area (Å²) in [5.41, 5.74) is 7.15. The number of nitrogens with one attached hydrogen (secondary N) is 1. The summed E-state index contributed by atoms with van der Waals surface area (Å²) in [5.74, 6) is 1.35. The predicted octanol–water partition coefficient (Wildman–Crippen LogP) is 4.04. The Hall–Kier alpha value is -0.590. The maximum absolute atomic E-state index is 5.91. The van der Waals surface area contributed by atoms with Gasteiger partial charge < -0.3 is 11.1 Å². The average molecular weight is 330 g/mol. The Morgan fingerprint density at radius 3 is 3.00 bits per heavy atom. The smallest absolute Gasteiger partial charge is 0.142 e. The molecule has 1 aliphatic carbocycles. The Balaban J connectivity index is 1.75. The van der Waals surface area contributed by atoms with Crippen LogP contribution in [0.1, 0.15) is 29.2 Å². The first kappa shape index (κ1) is 11.5. The highest BCUT2D eigenvalue weighted by atomic mass is 79.9. The van der Waals surface area contributed by atoms with E-state index in [-0.39, 0.29) is 0 Å². The Kier molecular flexibility index (Phi) is 3.10. The molecule has 0 unspecified atom stereocenters. The number of nitrogens with two attached hydrogens (primary N) is 1. The van der Waals surface area contributed by atoms with Gasteiger partial charge in [-0.2, -0.15) is 4.37 Å². The molecule has 0 amide bonds. The van der Waals surface area contributed by atoms with Gasteiger partial charge in [0.25, 0.3) is 0 Å². The van der Waals surface area contributed by atoms with E-state index in [1.807, 2.05) is 0 Å². The molecule has 0 bridgehead atoms. The highest BCUT2D eigenvalue weighted by Gasteiger charge is 2.30. The first-order valence-electron chi connectivity index (χ1n) is 5.46. The van der Waals surface area contributed by atoms with E-state index < -0.39 is 0 Å². The lowest BCUT2D eigenvalue weighted by atomic mass is 10.2. The normalized spacial score (nSPS) is 15.1. The molecule has 90 valence electrons. The van der Waals surface area contributed by atoms with Crippen LogP contribution in [0.3, 0.4) is 0 Å². The van der Waals surface area contributed by atoms with E-state index in [1.54, 1.807) is 11.3 Å². The molecule has 0 radical (unpaired) electrons. The summed E-state index contributed by atoms with van der Waals surface area (Å²) in [6, 6.07) is 2.07. The van der Waals surface area contributed by atoms with Gasteiger partial charge in [-0.3, -0.25) is 0 Å². The van der Waals surface area contributed by atoms with Crippen molar-refractivity contribution < 1.29 is 0 Å². The Labute approximate surface area is 116 Å². The summed E-state index contributed by atoms with van der Waals surface area (Å²) in [5, 5.41) is 6.69. The average Bonchev–Trinajstić information content (AvgIpc) is 2.96. The lowest BCUT2D eigenvalue weighted by Crippen LogP contribution is -1.99. The van der Waals surface area contributed by atoms with Gasteiger partial charge >= 0.3 is 0 Å². The van der Waals surface area contributed by atoms with Gasteiger partial charge in [0.05, 0.1) is 6.54 Å². The molecule has 2 aromatic rings. The molecule has 2 heterocycles. The number of anilines is 2. The summed E-state index contributed by atoms with van der Waals surface area (Å²) in [6.45, 7) is 0.833. The maximum atomic E-state index is 5.91. The van der Waals surface area contributed by atoms with Crippen LogP contribution in [0.5, 0.6) is 0 Å². The van der Waals surface area contributed by atoms with Crippen LogP contribution in [0, 0.1) is 0 Å². The summed E-state index contributed by atoms with van der Waals surface area (Å²) in [6.07, 6.45) is 2.50. The van der Waals surface area contributed by atoms with Gasteiger partial charge in [0.2, 0.25) is 0 Å². The Bertz CT molecular complexity index is 531. The second kappa shape index (κ2) is 4.59. The van der Waals surface area contributed by atoms with E-state index in [0.29, 0.717) is 11.7 Å². The van der Waals surface area contributed by atoms with Crippen molar-refractivity contribution in [3.8, 4) is 0 Å². The lowest BCUT2D eigenvalue weighted by Gasteiger charge is -2.05. The number of aromatic nitrogens is 1. The van der Waals surface area contributed by atoms with Crippen molar-refractivity contribution in [2.24, 2.45) is 0 Å². The fourth-order valence-corrected chi connectivity index (χ4v) is 4.04. The van der Waals surface area contributed by atoms with Crippen molar-refractivity contribution in [3.63, 3.8) is 0 Å². The van der Waals surface area contributed by atoms with Gasteiger partial charge in [-0.25, -0.2) is 0 Å². The number of halogens is 1. The van der Waals surface area contributed by atoms with Crippen LogP contribution in [0.4, 0.5) is 10.8 Å². The molecule has 1 aliphatic rings. The van der Waals surface area contributed by atoms with E-state index in [9.17, 15) is 0 Å².